The summed E-state index contributed by atoms with van der Waals surface area (Å²) in [4.78, 5) is 0. The van der Waals surface area contributed by atoms with Crippen LogP contribution in [0, 0.1) is 6.92 Å². The van der Waals surface area contributed by atoms with Crippen LogP contribution in [0.3, 0.4) is 0 Å². The maximum atomic E-state index is 11.0. The lowest BCUT2D eigenvalue weighted by molar-refractivity contribution is 0.479. The Hall–Kier alpha value is -3.08. The Balaban J connectivity index is 1.79. The van der Waals surface area contributed by atoms with E-state index < -0.39 is 5.54 Å². The van der Waals surface area contributed by atoms with Crippen molar-refractivity contribution >= 4 is 33.8 Å². The van der Waals surface area contributed by atoms with Gasteiger partial charge in [-0.25, -0.2) is 0 Å². The van der Waals surface area contributed by atoms with Crippen molar-refractivity contribution in [1.82, 2.24) is 0 Å². The van der Waals surface area contributed by atoms with Gasteiger partial charge in [-0.3, -0.25) is 5.43 Å². The molecule has 1 aliphatic carbocycles. The van der Waals surface area contributed by atoms with E-state index in [9.17, 15) is 5.11 Å². The summed E-state index contributed by atoms with van der Waals surface area (Å²) in [6.45, 7) is 3.83. The number of hydrogen-bond acceptors (Lipinski definition) is 4. The first-order valence-corrected chi connectivity index (χ1v) is 9.74. The molecular formula is C24H22ClN3O. The molecule has 0 saturated carbocycles. The van der Waals surface area contributed by atoms with Crippen LogP contribution in [0.5, 0.6) is 5.75 Å². The summed E-state index contributed by atoms with van der Waals surface area (Å²) in [6, 6.07) is 18.0. The van der Waals surface area contributed by atoms with Gasteiger partial charge in [0.25, 0.3) is 0 Å². The Kier molecular flexibility index (Phi) is 4.91. The van der Waals surface area contributed by atoms with E-state index in [1.54, 1.807) is 18.2 Å². The molecule has 0 heterocycles. The summed E-state index contributed by atoms with van der Waals surface area (Å²) in [6.07, 6.45) is 5.27. The van der Waals surface area contributed by atoms with E-state index in [1.165, 1.54) is 0 Å². The van der Waals surface area contributed by atoms with Gasteiger partial charge in [0.1, 0.15) is 5.75 Å². The lowest BCUT2D eigenvalue weighted by Crippen LogP contribution is -2.43. The van der Waals surface area contributed by atoms with Crippen molar-refractivity contribution in [2.24, 2.45) is 10.8 Å². The highest BCUT2D eigenvalue weighted by atomic mass is 35.5. The van der Waals surface area contributed by atoms with Gasteiger partial charge in [-0.15, -0.1) is 0 Å². The second-order valence-electron chi connectivity index (χ2n) is 7.49. The molecule has 4 N–H and O–H groups in total. The van der Waals surface area contributed by atoms with Gasteiger partial charge in [-0.05, 0) is 60.0 Å². The summed E-state index contributed by atoms with van der Waals surface area (Å²) >= 11 is 6.10. The fourth-order valence-electron chi connectivity index (χ4n) is 3.48. The number of halogens is 1. The van der Waals surface area contributed by atoms with E-state index in [4.69, 9.17) is 17.3 Å². The Morgan fingerprint density at radius 2 is 1.83 bits per heavy atom. The van der Waals surface area contributed by atoms with Crippen LogP contribution in [0.1, 0.15) is 12.5 Å². The topological polar surface area (TPSA) is 70.6 Å². The number of aryl methyl sites for hydroxylation is 1. The minimum Gasteiger partial charge on any atom is -0.505 e. The molecular weight excluding hydrogens is 382 g/mol. The largest absolute Gasteiger partial charge is 0.505 e. The third-order valence-corrected chi connectivity index (χ3v) is 5.28. The minimum absolute atomic E-state index is 0.136. The number of nitrogens with two attached hydrogens (primary N) is 1. The number of benzene rings is 3. The van der Waals surface area contributed by atoms with E-state index in [2.05, 4.69) is 28.7 Å². The zero-order chi connectivity index (χ0) is 20.6. The minimum atomic E-state index is -0.747. The van der Waals surface area contributed by atoms with Gasteiger partial charge in [0.2, 0.25) is 0 Å². The second-order valence-corrected chi connectivity index (χ2v) is 7.93. The molecule has 0 fully saturated rings. The van der Waals surface area contributed by atoms with Crippen LogP contribution in [0.15, 0.2) is 83.0 Å². The SMILES string of the molecule is Cc1cc(N/N=C2/C=C(Cl)C=C[C@@]2(C)N)c(O)c(-c2cccc3ccccc23)c1. The van der Waals surface area contributed by atoms with Crippen LogP contribution >= 0.6 is 11.6 Å². The Morgan fingerprint density at radius 3 is 2.66 bits per heavy atom. The van der Waals surface area contributed by atoms with Crippen molar-refractivity contribution in [3.8, 4) is 16.9 Å². The van der Waals surface area contributed by atoms with Crippen LogP contribution < -0.4 is 11.2 Å². The monoisotopic (exact) mass is 403 g/mol. The molecule has 5 heteroatoms. The molecule has 4 nitrogen and oxygen atoms in total. The summed E-state index contributed by atoms with van der Waals surface area (Å²) in [5.74, 6) is 0.136. The number of fused-ring (bicyclic) bond motifs is 1. The Morgan fingerprint density at radius 1 is 1.07 bits per heavy atom. The molecule has 146 valence electrons. The molecule has 29 heavy (non-hydrogen) atoms. The third kappa shape index (κ3) is 3.77. The van der Waals surface area contributed by atoms with Gasteiger partial charge >= 0.3 is 0 Å². The van der Waals surface area contributed by atoms with Crippen molar-refractivity contribution < 1.29 is 5.11 Å². The highest BCUT2D eigenvalue weighted by Gasteiger charge is 2.24. The average molecular weight is 404 g/mol. The summed E-state index contributed by atoms with van der Waals surface area (Å²) in [7, 11) is 0. The fraction of sp³-hybridized carbons (Fsp3) is 0.125. The number of aromatic hydroxyl groups is 1. The number of hydrazone groups is 1. The second kappa shape index (κ2) is 7.39. The molecule has 0 aliphatic heterocycles. The van der Waals surface area contributed by atoms with E-state index in [0.29, 0.717) is 16.4 Å². The zero-order valence-electron chi connectivity index (χ0n) is 16.3. The number of anilines is 1. The van der Waals surface area contributed by atoms with Crippen LogP contribution in [-0.4, -0.2) is 16.4 Å². The molecule has 3 aromatic carbocycles. The quantitative estimate of drug-likeness (QED) is 0.388. The number of rotatable bonds is 3. The van der Waals surface area contributed by atoms with Gasteiger partial charge < -0.3 is 10.8 Å². The molecule has 0 bridgehead atoms. The predicted molar refractivity (Wildman–Crippen MR) is 123 cm³/mol. The number of allylic oxidation sites excluding steroid dienone is 2. The first kappa shape index (κ1) is 19.2. The lowest BCUT2D eigenvalue weighted by atomic mass is 9.93. The maximum Gasteiger partial charge on any atom is 0.148 e. The summed E-state index contributed by atoms with van der Waals surface area (Å²) in [5, 5.41) is 18.2. The number of nitrogens with one attached hydrogen (secondary N) is 1. The first-order chi connectivity index (χ1) is 13.8. The Bertz CT molecular complexity index is 1190. The van der Waals surface area contributed by atoms with Crippen LogP contribution in [0.4, 0.5) is 5.69 Å². The summed E-state index contributed by atoms with van der Waals surface area (Å²) < 4.78 is 0. The van der Waals surface area contributed by atoms with Gasteiger partial charge in [0.15, 0.2) is 0 Å². The summed E-state index contributed by atoms with van der Waals surface area (Å²) in [5.41, 5.74) is 12.3. The van der Waals surface area contributed by atoms with Crippen LogP contribution in [0.25, 0.3) is 21.9 Å². The molecule has 0 unspecified atom stereocenters. The maximum absolute atomic E-state index is 11.0. The van der Waals surface area contributed by atoms with Gasteiger partial charge in [0.05, 0.1) is 16.9 Å². The third-order valence-electron chi connectivity index (χ3n) is 5.05. The van der Waals surface area contributed by atoms with Crippen molar-refractivity contribution in [2.75, 3.05) is 5.43 Å². The van der Waals surface area contributed by atoms with Crippen LogP contribution in [-0.2, 0) is 0 Å². The molecule has 0 radical (unpaired) electrons. The molecule has 0 aromatic heterocycles. The number of hydrogen-bond donors (Lipinski definition) is 3. The van der Waals surface area contributed by atoms with Crippen molar-refractivity contribution in [2.45, 2.75) is 19.4 Å². The van der Waals surface area contributed by atoms with E-state index in [-0.39, 0.29) is 5.75 Å². The molecule has 1 atom stereocenters. The molecule has 0 spiro atoms. The van der Waals surface area contributed by atoms with E-state index in [1.807, 2.05) is 50.2 Å². The fourth-order valence-corrected chi connectivity index (χ4v) is 3.64. The predicted octanol–water partition coefficient (Wildman–Crippen LogP) is 5.70. The highest BCUT2D eigenvalue weighted by molar-refractivity contribution is 6.34. The van der Waals surface area contributed by atoms with Gasteiger partial charge in [-0.2, -0.15) is 5.10 Å². The van der Waals surface area contributed by atoms with E-state index >= 15 is 0 Å². The lowest BCUT2D eigenvalue weighted by Gasteiger charge is -2.24. The standard InChI is InChI=1S/C24H22ClN3O/c1-15-12-20(19-9-5-7-16-6-3-4-8-18(16)19)23(29)21(13-15)27-28-22-14-17(25)10-11-24(22,2)26/h3-14,27,29H,26H2,1-2H3/b28-22-/t24-/m1/s1. The van der Waals surface area contributed by atoms with Crippen molar-refractivity contribution in [1.29, 1.82) is 0 Å². The normalized spacial score (nSPS) is 20.1. The van der Waals surface area contributed by atoms with Gasteiger partial charge in [0, 0.05) is 10.6 Å². The number of phenols is 1. The zero-order valence-corrected chi connectivity index (χ0v) is 17.0. The van der Waals surface area contributed by atoms with Crippen molar-refractivity contribution in [3.05, 3.63) is 83.4 Å². The molecule has 1 aliphatic rings. The first-order valence-electron chi connectivity index (χ1n) is 9.36. The van der Waals surface area contributed by atoms with Crippen LogP contribution in [0.2, 0.25) is 0 Å². The van der Waals surface area contributed by atoms with Crippen molar-refractivity contribution in [3.63, 3.8) is 0 Å². The smallest absolute Gasteiger partial charge is 0.148 e. The average Bonchev–Trinajstić information content (AvgIpc) is 2.70. The number of nitrogens with zero attached hydrogens (tertiary/aromatic N) is 1. The van der Waals surface area contributed by atoms with Gasteiger partial charge in [-0.1, -0.05) is 60.1 Å². The molecule has 4 rings (SSSR count). The number of phenolic OH excluding ortho intramolecular Hbond substituents is 1. The molecule has 0 amide bonds. The molecule has 3 aromatic rings. The molecule has 0 saturated heterocycles. The van der Waals surface area contributed by atoms with E-state index in [0.717, 1.165) is 27.5 Å². The Labute approximate surface area is 175 Å². The highest BCUT2D eigenvalue weighted by Crippen LogP contribution is 2.40.